The number of carbonyl (C=O) groups is 2. The van der Waals surface area contributed by atoms with Crippen LogP contribution in [-0.2, 0) is 14.3 Å². The Balaban J connectivity index is 0.00000684. The van der Waals surface area contributed by atoms with Crippen molar-refractivity contribution in [2.75, 3.05) is 33.5 Å². The van der Waals surface area contributed by atoms with Gasteiger partial charge >= 0.3 is 12.1 Å². The highest BCUT2D eigenvalue weighted by Gasteiger charge is 2.33. The number of nitrogens with zero attached hydrogens (tertiary/aromatic N) is 3. The highest BCUT2D eigenvalue weighted by molar-refractivity contribution is 6.99. The molecule has 0 saturated heterocycles. The monoisotopic (exact) mass is 652 g/mol. The Morgan fingerprint density at radius 3 is 2.57 bits per heavy atom. The fourth-order valence-electron chi connectivity index (χ4n) is 4.01. The zero-order valence-electron chi connectivity index (χ0n) is 23.5. The van der Waals surface area contributed by atoms with Crippen molar-refractivity contribution in [1.29, 1.82) is 0 Å². The van der Waals surface area contributed by atoms with E-state index in [4.69, 9.17) is 14.2 Å². The quantitative estimate of drug-likeness (QED) is 0.151. The van der Waals surface area contributed by atoms with Crippen LogP contribution in [0.2, 0.25) is 0 Å². The maximum absolute atomic E-state index is 13.0. The van der Waals surface area contributed by atoms with E-state index in [2.05, 4.69) is 34.1 Å². The summed E-state index contributed by atoms with van der Waals surface area (Å²) in [7, 11) is 2.06. The normalized spacial score (nSPS) is 18.4. The number of quaternary nitrogens is 1. The predicted molar refractivity (Wildman–Crippen MR) is 142 cm³/mol. The minimum absolute atomic E-state index is 0. The molecule has 0 spiro atoms. The Bertz CT molecular complexity index is 887. The van der Waals surface area contributed by atoms with Crippen LogP contribution in [0, 0.1) is 5.92 Å². The second-order valence-corrected chi connectivity index (χ2v) is 11.8. The number of hydrogen-bond donors (Lipinski definition) is 1. The van der Waals surface area contributed by atoms with Crippen LogP contribution >= 0.6 is 11.7 Å². The maximum atomic E-state index is 13.0. The second kappa shape index (κ2) is 15.8. The van der Waals surface area contributed by atoms with E-state index >= 15 is 0 Å². The first-order valence-corrected chi connectivity index (χ1v) is 13.8. The number of alkyl carbamates (subject to hydrolysis) is 1. The summed E-state index contributed by atoms with van der Waals surface area (Å²) in [5.74, 6) is 0.340. The number of ether oxygens (including phenoxy) is 3. The molecule has 0 aliphatic carbocycles. The average molecular weight is 653 g/mol. The topological polar surface area (TPSA) is 99.6 Å². The van der Waals surface area contributed by atoms with Crippen LogP contribution in [0.5, 0.6) is 5.88 Å². The minimum Gasteiger partial charge on any atom is -1.00 e. The molecule has 1 amide bonds. The first-order valence-electron chi connectivity index (χ1n) is 13.1. The summed E-state index contributed by atoms with van der Waals surface area (Å²) in [5.41, 5.74) is 1.20. The van der Waals surface area contributed by atoms with Crippen molar-refractivity contribution >= 4 is 29.4 Å². The summed E-state index contributed by atoms with van der Waals surface area (Å²) in [5, 5.41) is 2.69. The first-order chi connectivity index (χ1) is 16.9. The van der Waals surface area contributed by atoms with E-state index in [0.29, 0.717) is 29.9 Å². The molecule has 0 aromatic carbocycles. The predicted octanol–water partition coefficient (Wildman–Crippen LogP) is 2.18. The molecule has 9 nitrogen and oxygen atoms in total. The van der Waals surface area contributed by atoms with Crippen LogP contribution in [0.4, 0.5) is 4.79 Å². The number of likely N-dealkylation sites (N-methyl/N-ethyl adjacent to an activating group) is 1. The molecular formula is C26H45IN4O5S. The number of hydrogen-bond acceptors (Lipinski definition) is 8. The Hall–Kier alpha value is -1.47. The van der Waals surface area contributed by atoms with Crippen molar-refractivity contribution in [2.24, 2.45) is 5.92 Å². The van der Waals surface area contributed by atoms with E-state index in [0.717, 1.165) is 48.8 Å². The van der Waals surface area contributed by atoms with Crippen molar-refractivity contribution in [3.8, 4) is 5.88 Å². The zero-order valence-corrected chi connectivity index (χ0v) is 26.4. The molecular weight excluding hydrogens is 607 g/mol. The number of halogens is 1. The minimum atomic E-state index is -0.762. The molecule has 2 atom stereocenters. The molecule has 0 bridgehead atoms. The van der Waals surface area contributed by atoms with Gasteiger partial charge in [-0.3, -0.25) is 4.48 Å². The standard InChI is InChI=1S/C26H44N4O5S.HI/c1-8-9-10-11-15-33-23-22(28-36-29-23)20-13-12-14-30(7,17-20)18-34-24(31)21(16-19(2)3)27-25(32)35-26(4,5)6;/h13,19,21H,8-12,14-18H2,1-7H3;1H/t21-,30?;/m0./s1. The van der Waals surface area contributed by atoms with E-state index in [-0.39, 0.29) is 36.6 Å². The molecule has 1 aliphatic rings. The number of aromatic nitrogens is 2. The number of amides is 1. The highest BCUT2D eigenvalue weighted by Crippen LogP contribution is 2.30. The van der Waals surface area contributed by atoms with E-state index in [1.165, 1.54) is 12.8 Å². The molecule has 1 aromatic rings. The van der Waals surface area contributed by atoms with Crippen LogP contribution in [0.15, 0.2) is 6.08 Å². The van der Waals surface area contributed by atoms with Gasteiger partial charge in [-0.2, -0.15) is 4.37 Å². The van der Waals surface area contributed by atoms with Gasteiger partial charge in [0.2, 0.25) is 6.73 Å². The molecule has 0 radical (unpaired) electrons. The van der Waals surface area contributed by atoms with Crippen LogP contribution < -0.4 is 34.0 Å². The molecule has 2 heterocycles. The molecule has 2 rings (SSSR count). The summed E-state index contributed by atoms with van der Waals surface area (Å²) in [6, 6.07) is -0.762. The fourth-order valence-corrected chi connectivity index (χ4v) is 4.54. The average Bonchev–Trinajstić information content (AvgIpc) is 3.24. The van der Waals surface area contributed by atoms with E-state index in [9.17, 15) is 9.59 Å². The Morgan fingerprint density at radius 1 is 1.19 bits per heavy atom. The summed E-state index contributed by atoms with van der Waals surface area (Å²) in [4.78, 5) is 25.2. The third kappa shape index (κ3) is 12.3. The molecule has 212 valence electrons. The van der Waals surface area contributed by atoms with Crippen molar-refractivity contribution < 1.29 is 52.3 Å². The van der Waals surface area contributed by atoms with Crippen LogP contribution in [0.1, 0.15) is 85.8 Å². The van der Waals surface area contributed by atoms with Gasteiger partial charge in [-0.1, -0.05) is 46.1 Å². The van der Waals surface area contributed by atoms with E-state index in [1.807, 2.05) is 13.8 Å². The smallest absolute Gasteiger partial charge is 0.408 e. The SMILES string of the molecule is CCCCCCOc1nsnc1C1=CCC[N+](C)(COC(=O)[C@H](CC(C)C)NC(=O)OC(C)(C)C)C1.[I-]. The van der Waals surface area contributed by atoms with Crippen molar-refractivity contribution in [2.45, 2.75) is 91.7 Å². The van der Waals surface area contributed by atoms with Crippen LogP contribution in [0.3, 0.4) is 0 Å². The second-order valence-electron chi connectivity index (χ2n) is 11.3. The largest absolute Gasteiger partial charge is 1.00 e. The lowest BCUT2D eigenvalue weighted by atomic mass is 10.0. The Kier molecular flexibility index (Phi) is 14.4. The van der Waals surface area contributed by atoms with Gasteiger partial charge in [-0.15, -0.1) is 4.37 Å². The van der Waals surface area contributed by atoms with Crippen molar-refractivity contribution in [3.05, 3.63) is 11.8 Å². The van der Waals surface area contributed by atoms with Crippen molar-refractivity contribution in [1.82, 2.24) is 14.1 Å². The Labute approximate surface area is 243 Å². The summed E-state index contributed by atoms with van der Waals surface area (Å²) >= 11 is 1.16. The number of nitrogens with one attached hydrogen (secondary N) is 1. The first kappa shape index (κ1) is 33.6. The molecule has 0 fully saturated rings. The molecule has 37 heavy (non-hydrogen) atoms. The van der Waals surface area contributed by atoms with E-state index in [1.54, 1.807) is 20.8 Å². The van der Waals surface area contributed by atoms with Gasteiger partial charge in [-0.25, -0.2) is 9.59 Å². The number of esters is 1. The fraction of sp³-hybridized carbons (Fsp3) is 0.769. The third-order valence-corrected chi connectivity index (χ3v) is 6.32. The molecule has 1 aromatic heterocycles. The lowest BCUT2D eigenvalue weighted by Crippen LogP contribution is -3.00. The highest BCUT2D eigenvalue weighted by atomic mass is 127. The van der Waals surface area contributed by atoms with E-state index < -0.39 is 23.7 Å². The van der Waals surface area contributed by atoms with Gasteiger partial charge in [0.1, 0.15) is 23.9 Å². The van der Waals surface area contributed by atoms with Crippen LogP contribution in [0.25, 0.3) is 5.57 Å². The summed E-state index contributed by atoms with van der Waals surface area (Å²) < 4.78 is 26.4. The van der Waals surface area contributed by atoms with Gasteiger partial charge in [0.05, 0.1) is 31.9 Å². The maximum Gasteiger partial charge on any atom is 0.408 e. The number of rotatable bonds is 13. The number of carbonyl (C=O) groups excluding carboxylic acids is 2. The zero-order chi connectivity index (χ0) is 26.8. The van der Waals surface area contributed by atoms with Gasteiger partial charge in [-0.05, 0) is 39.5 Å². The molecule has 11 heteroatoms. The van der Waals surface area contributed by atoms with Gasteiger partial charge in [0, 0.05) is 12.0 Å². The van der Waals surface area contributed by atoms with Gasteiger partial charge in [0.15, 0.2) is 0 Å². The third-order valence-electron chi connectivity index (χ3n) is 5.81. The molecule has 1 N–H and O–H groups in total. The summed E-state index contributed by atoms with van der Waals surface area (Å²) in [6.07, 6.45) is 7.40. The Morgan fingerprint density at radius 2 is 1.92 bits per heavy atom. The van der Waals surface area contributed by atoms with Crippen LogP contribution in [-0.4, -0.2) is 70.4 Å². The van der Waals surface area contributed by atoms with Gasteiger partial charge in [0.25, 0.3) is 5.88 Å². The lowest BCUT2D eigenvalue weighted by molar-refractivity contribution is -0.919. The molecule has 0 saturated carbocycles. The molecule has 1 unspecified atom stereocenters. The van der Waals surface area contributed by atoms with Crippen molar-refractivity contribution in [3.63, 3.8) is 0 Å². The summed E-state index contributed by atoms with van der Waals surface area (Å²) in [6.45, 7) is 13.9. The lowest BCUT2D eigenvalue weighted by Gasteiger charge is -2.36. The van der Waals surface area contributed by atoms with Gasteiger partial charge < -0.3 is 43.5 Å². The number of unbranched alkanes of at least 4 members (excludes halogenated alkanes) is 3. The molecule has 1 aliphatic heterocycles.